The van der Waals surface area contributed by atoms with E-state index >= 15 is 0 Å². The molecule has 2 heterocycles. The van der Waals surface area contributed by atoms with Gasteiger partial charge < -0.3 is 15.4 Å². The zero-order chi connectivity index (χ0) is 14.0. The van der Waals surface area contributed by atoms with Gasteiger partial charge in [0.25, 0.3) is 5.91 Å². The van der Waals surface area contributed by atoms with Gasteiger partial charge in [-0.1, -0.05) is 6.92 Å². The minimum absolute atomic E-state index is 0. The lowest BCUT2D eigenvalue weighted by Crippen LogP contribution is -2.50. The number of nitrogens with one attached hydrogen (secondary N) is 2. The summed E-state index contributed by atoms with van der Waals surface area (Å²) in [5, 5.41) is 6.42. The molecule has 1 aromatic rings. The Labute approximate surface area is 138 Å². The first-order valence-electron chi connectivity index (χ1n) is 6.39. The number of aryl methyl sites for hydroxylation is 1. The van der Waals surface area contributed by atoms with Crippen molar-refractivity contribution in [3.8, 4) is 5.75 Å². The quantitative estimate of drug-likeness (QED) is 0.843. The maximum atomic E-state index is 12.4. The molecule has 2 unspecified atom stereocenters. The first-order chi connectivity index (χ1) is 9.04. The minimum Gasteiger partial charge on any atom is -0.494 e. The van der Waals surface area contributed by atoms with E-state index in [1.165, 1.54) is 11.3 Å². The highest BCUT2D eigenvalue weighted by Crippen LogP contribution is 2.39. The van der Waals surface area contributed by atoms with E-state index in [2.05, 4.69) is 33.5 Å². The number of carbonyl (C=O) groups is 1. The van der Waals surface area contributed by atoms with Crippen LogP contribution in [0.4, 0.5) is 0 Å². The molecule has 7 heteroatoms. The van der Waals surface area contributed by atoms with Gasteiger partial charge in [0.1, 0.15) is 4.88 Å². The molecule has 20 heavy (non-hydrogen) atoms. The third-order valence-corrected chi connectivity index (χ3v) is 5.83. The summed E-state index contributed by atoms with van der Waals surface area (Å²) in [4.78, 5) is 14.1. The highest BCUT2D eigenvalue weighted by atomic mass is 79.9. The van der Waals surface area contributed by atoms with Gasteiger partial charge >= 0.3 is 0 Å². The van der Waals surface area contributed by atoms with Crippen LogP contribution < -0.4 is 15.4 Å². The topological polar surface area (TPSA) is 50.4 Å². The smallest absolute Gasteiger partial charge is 0.265 e. The fourth-order valence-corrected chi connectivity index (χ4v) is 3.90. The van der Waals surface area contributed by atoms with Crippen molar-refractivity contribution in [2.45, 2.75) is 26.3 Å². The molecule has 1 aliphatic heterocycles. The first-order valence-corrected chi connectivity index (χ1v) is 8.00. The first kappa shape index (κ1) is 17.8. The highest BCUT2D eigenvalue weighted by molar-refractivity contribution is 9.10. The standard InChI is InChI=1S/C13H19BrN2O2S.ClH/c1-7-4-5-15-6-9(7)16-13(17)12-11(18-3)10(14)8(2)19-12;/h7,9,15H,4-6H2,1-3H3,(H,16,17);1H. The maximum absolute atomic E-state index is 12.4. The van der Waals surface area contributed by atoms with Crippen LogP contribution in [0.1, 0.15) is 27.9 Å². The lowest BCUT2D eigenvalue weighted by molar-refractivity contribution is 0.0916. The van der Waals surface area contributed by atoms with Crippen molar-refractivity contribution in [1.82, 2.24) is 10.6 Å². The number of rotatable bonds is 3. The summed E-state index contributed by atoms with van der Waals surface area (Å²) in [5.74, 6) is 1.09. The van der Waals surface area contributed by atoms with E-state index in [0.717, 1.165) is 28.9 Å². The van der Waals surface area contributed by atoms with Gasteiger partial charge in [0, 0.05) is 17.5 Å². The number of carbonyl (C=O) groups excluding carboxylic acids is 1. The molecule has 0 radical (unpaired) electrons. The number of piperidine rings is 1. The summed E-state index contributed by atoms with van der Waals surface area (Å²) in [6.07, 6.45) is 1.09. The molecule has 1 aliphatic rings. The number of thiophene rings is 1. The number of hydrogen-bond donors (Lipinski definition) is 2. The molecule has 114 valence electrons. The molecule has 0 saturated carbocycles. The summed E-state index contributed by atoms with van der Waals surface area (Å²) >= 11 is 4.92. The van der Waals surface area contributed by atoms with Crippen LogP contribution in [0.25, 0.3) is 0 Å². The van der Waals surface area contributed by atoms with Crippen LogP contribution in [0, 0.1) is 12.8 Å². The Kier molecular flexibility index (Phi) is 6.78. The molecule has 1 aromatic heterocycles. The van der Waals surface area contributed by atoms with Crippen molar-refractivity contribution < 1.29 is 9.53 Å². The largest absolute Gasteiger partial charge is 0.494 e. The summed E-state index contributed by atoms with van der Waals surface area (Å²) < 4.78 is 6.20. The molecular formula is C13H20BrClN2O2S. The van der Waals surface area contributed by atoms with Crippen LogP contribution in [-0.2, 0) is 0 Å². The Hall–Kier alpha value is -0.300. The second kappa shape index (κ2) is 7.64. The van der Waals surface area contributed by atoms with Crippen molar-refractivity contribution in [1.29, 1.82) is 0 Å². The highest BCUT2D eigenvalue weighted by Gasteiger charge is 2.26. The predicted octanol–water partition coefficient (Wildman–Crippen LogP) is 2.98. The van der Waals surface area contributed by atoms with Gasteiger partial charge in [0.05, 0.1) is 11.6 Å². The molecule has 2 rings (SSSR count). The average Bonchev–Trinajstić information content (AvgIpc) is 2.68. The molecule has 0 bridgehead atoms. The molecule has 0 aromatic carbocycles. The molecule has 1 amide bonds. The van der Waals surface area contributed by atoms with Crippen molar-refractivity contribution >= 4 is 45.6 Å². The molecule has 0 spiro atoms. The van der Waals surface area contributed by atoms with Gasteiger partial charge in [-0.3, -0.25) is 4.79 Å². The third kappa shape index (κ3) is 3.67. The zero-order valence-electron chi connectivity index (χ0n) is 11.8. The van der Waals surface area contributed by atoms with Crippen molar-refractivity contribution in [3.05, 3.63) is 14.2 Å². The van der Waals surface area contributed by atoms with E-state index in [9.17, 15) is 4.79 Å². The molecule has 2 N–H and O–H groups in total. The fraction of sp³-hybridized carbons (Fsp3) is 0.615. The lowest BCUT2D eigenvalue weighted by Gasteiger charge is -2.30. The number of halogens is 2. The molecule has 1 saturated heterocycles. The Balaban J connectivity index is 0.00000200. The van der Waals surface area contributed by atoms with Crippen LogP contribution in [-0.4, -0.2) is 32.1 Å². The van der Waals surface area contributed by atoms with Gasteiger partial charge in [-0.25, -0.2) is 0 Å². The normalized spacial score (nSPS) is 22.0. The number of ether oxygens (including phenoxy) is 1. The zero-order valence-corrected chi connectivity index (χ0v) is 15.0. The molecule has 1 fully saturated rings. The van der Waals surface area contributed by atoms with Crippen molar-refractivity contribution in [2.24, 2.45) is 5.92 Å². The van der Waals surface area contributed by atoms with Crippen molar-refractivity contribution in [2.75, 3.05) is 20.2 Å². The molecule has 4 nitrogen and oxygen atoms in total. The Bertz CT molecular complexity index is 481. The van der Waals surface area contributed by atoms with Crippen LogP contribution in [0.5, 0.6) is 5.75 Å². The van der Waals surface area contributed by atoms with E-state index in [4.69, 9.17) is 4.74 Å². The van der Waals surface area contributed by atoms with Gasteiger partial charge in [-0.05, 0) is 41.7 Å². The predicted molar refractivity (Wildman–Crippen MR) is 88.5 cm³/mol. The summed E-state index contributed by atoms with van der Waals surface area (Å²) in [6, 6.07) is 0.187. The van der Waals surface area contributed by atoms with E-state index < -0.39 is 0 Å². The SMILES string of the molecule is COc1c(C(=O)NC2CNCCC2C)sc(C)c1Br.Cl. The van der Waals surface area contributed by atoms with Crippen LogP contribution in [0.15, 0.2) is 4.47 Å². The van der Waals surface area contributed by atoms with Crippen LogP contribution >= 0.6 is 39.7 Å². The lowest BCUT2D eigenvalue weighted by atomic mass is 9.95. The molecule has 0 aliphatic carbocycles. The monoisotopic (exact) mass is 382 g/mol. The number of methoxy groups -OCH3 is 1. The van der Waals surface area contributed by atoms with Gasteiger partial charge in [-0.2, -0.15) is 0 Å². The van der Waals surface area contributed by atoms with E-state index in [1.807, 2.05) is 6.92 Å². The van der Waals surface area contributed by atoms with Crippen LogP contribution in [0.2, 0.25) is 0 Å². The second-order valence-corrected chi connectivity index (χ2v) is 6.90. The summed E-state index contributed by atoms with van der Waals surface area (Å²) in [5.41, 5.74) is 0. The van der Waals surface area contributed by atoms with Crippen LogP contribution in [0.3, 0.4) is 0 Å². The third-order valence-electron chi connectivity index (χ3n) is 3.52. The maximum Gasteiger partial charge on any atom is 0.265 e. The van der Waals surface area contributed by atoms with Crippen molar-refractivity contribution in [3.63, 3.8) is 0 Å². The number of hydrogen-bond acceptors (Lipinski definition) is 4. The summed E-state index contributed by atoms with van der Waals surface area (Å²) in [6.45, 7) is 6.01. The Morgan fingerprint density at radius 2 is 2.25 bits per heavy atom. The molecule has 2 atom stereocenters. The summed E-state index contributed by atoms with van der Waals surface area (Å²) in [7, 11) is 1.59. The van der Waals surface area contributed by atoms with E-state index in [1.54, 1.807) is 7.11 Å². The van der Waals surface area contributed by atoms with E-state index in [-0.39, 0.29) is 24.4 Å². The van der Waals surface area contributed by atoms with E-state index in [0.29, 0.717) is 16.5 Å². The minimum atomic E-state index is -0.0452. The molecular weight excluding hydrogens is 364 g/mol. The Morgan fingerprint density at radius 1 is 1.55 bits per heavy atom. The number of amides is 1. The van der Waals surface area contributed by atoms with Gasteiger partial charge in [0.2, 0.25) is 0 Å². The second-order valence-electron chi connectivity index (χ2n) is 4.88. The van der Waals surface area contributed by atoms with Gasteiger partial charge in [-0.15, -0.1) is 23.7 Å². The van der Waals surface area contributed by atoms with Gasteiger partial charge in [0.15, 0.2) is 5.75 Å². The Morgan fingerprint density at radius 3 is 2.85 bits per heavy atom. The average molecular weight is 384 g/mol. The fourth-order valence-electron chi connectivity index (χ4n) is 2.25.